The summed E-state index contributed by atoms with van der Waals surface area (Å²) in [5, 5.41) is 3.40. The summed E-state index contributed by atoms with van der Waals surface area (Å²) >= 11 is 3.32. The molecule has 0 amide bonds. The number of hydrogen-bond acceptors (Lipinski definition) is 2. The predicted octanol–water partition coefficient (Wildman–Crippen LogP) is 4.39. The van der Waals surface area contributed by atoms with Gasteiger partial charge >= 0.3 is 0 Å². The number of benzene rings is 1. The number of rotatable bonds is 5. The third kappa shape index (κ3) is 4.92. The van der Waals surface area contributed by atoms with Crippen LogP contribution in [0.15, 0.2) is 22.7 Å². The summed E-state index contributed by atoms with van der Waals surface area (Å²) in [5.41, 5.74) is 1.22. The first-order valence-electron chi connectivity index (χ1n) is 7.53. The molecule has 1 N–H and O–H groups in total. The average molecular weight is 380 g/mol. The van der Waals surface area contributed by atoms with Gasteiger partial charge in [-0.15, -0.1) is 12.4 Å². The Bertz CT molecular complexity index is 438. The van der Waals surface area contributed by atoms with Crippen molar-refractivity contribution in [3.05, 3.63) is 34.1 Å². The first kappa shape index (κ1) is 18.9. The molecule has 0 bridgehead atoms. The van der Waals surface area contributed by atoms with Crippen molar-refractivity contribution in [1.82, 2.24) is 10.2 Å². The van der Waals surface area contributed by atoms with Gasteiger partial charge in [0.2, 0.25) is 0 Å². The van der Waals surface area contributed by atoms with Crippen molar-refractivity contribution in [3.63, 3.8) is 0 Å². The molecule has 1 saturated heterocycles. The van der Waals surface area contributed by atoms with Gasteiger partial charge in [-0.3, -0.25) is 4.90 Å². The molecule has 2 rings (SSSR count). The smallest absolute Gasteiger partial charge is 0.137 e. The van der Waals surface area contributed by atoms with Gasteiger partial charge < -0.3 is 5.32 Å². The van der Waals surface area contributed by atoms with E-state index in [4.69, 9.17) is 0 Å². The summed E-state index contributed by atoms with van der Waals surface area (Å²) in [5.74, 6) is 0.395. The molecule has 0 aromatic heterocycles. The van der Waals surface area contributed by atoms with Crippen LogP contribution in [0.25, 0.3) is 0 Å². The van der Waals surface area contributed by atoms with Crippen LogP contribution in [0.4, 0.5) is 4.39 Å². The average Bonchev–Trinajstić information content (AvgIpc) is 2.44. The standard InChI is InChI=1S/C16H24BrFN2.ClH/c1-3-4-12(2)16(20-9-7-19-8-10-20)13-5-6-15(18)14(17)11-13;/h5-6,11-12,16,19H,3-4,7-10H2,1-2H3;1H/t12?,16-;/m1./s1. The van der Waals surface area contributed by atoms with Gasteiger partial charge in [-0.05, 0) is 46.0 Å². The predicted molar refractivity (Wildman–Crippen MR) is 92.6 cm³/mol. The monoisotopic (exact) mass is 378 g/mol. The van der Waals surface area contributed by atoms with Gasteiger partial charge in [0.1, 0.15) is 5.82 Å². The number of nitrogens with zero attached hydrogens (tertiary/aromatic N) is 1. The molecule has 2 atom stereocenters. The van der Waals surface area contributed by atoms with Gasteiger partial charge in [0.25, 0.3) is 0 Å². The Kier molecular flexibility index (Phi) is 8.17. The van der Waals surface area contributed by atoms with E-state index in [1.807, 2.05) is 12.1 Å². The SMILES string of the molecule is CCCC(C)[C@H](c1ccc(F)c(Br)c1)N1CCNCC1.Cl. The fraction of sp³-hybridized carbons (Fsp3) is 0.625. The van der Waals surface area contributed by atoms with E-state index in [0.29, 0.717) is 16.4 Å². The summed E-state index contributed by atoms with van der Waals surface area (Å²) in [6.45, 7) is 8.75. The molecule has 2 nitrogen and oxygen atoms in total. The minimum atomic E-state index is -0.184. The van der Waals surface area contributed by atoms with E-state index in [1.54, 1.807) is 6.07 Å². The Hall–Kier alpha value is -0.160. The number of halogens is 3. The fourth-order valence-corrected chi connectivity index (χ4v) is 3.57. The zero-order valence-electron chi connectivity index (χ0n) is 12.7. The first-order chi connectivity index (χ1) is 9.63. The van der Waals surface area contributed by atoms with Crippen LogP contribution in [0.2, 0.25) is 0 Å². The van der Waals surface area contributed by atoms with E-state index in [0.717, 1.165) is 26.2 Å². The summed E-state index contributed by atoms with van der Waals surface area (Å²) < 4.78 is 14.1. The molecule has 0 saturated carbocycles. The lowest BCUT2D eigenvalue weighted by Crippen LogP contribution is -2.46. The molecule has 120 valence electrons. The maximum Gasteiger partial charge on any atom is 0.137 e. The van der Waals surface area contributed by atoms with Gasteiger partial charge in [0, 0.05) is 32.2 Å². The van der Waals surface area contributed by atoms with E-state index >= 15 is 0 Å². The van der Waals surface area contributed by atoms with Gasteiger partial charge in [-0.25, -0.2) is 4.39 Å². The lowest BCUT2D eigenvalue weighted by atomic mass is 9.89. The Morgan fingerprint density at radius 1 is 1.33 bits per heavy atom. The third-order valence-corrected chi connectivity index (χ3v) is 4.72. The van der Waals surface area contributed by atoms with Gasteiger partial charge in [-0.1, -0.05) is 26.3 Å². The van der Waals surface area contributed by atoms with Crippen molar-refractivity contribution < 1.29 is 4.39 Å². The molecule has 1 aromatic carbocycles. The van der Waals surface area contributed by atoms with Crippen molar-refractivity contribution in [2.24, 2.45) is 5.92 Å². The van der Waals surface area contributed by atoms with E-state index in [-0.39, 0.29) is 18.2 Å². The van der Waals surface area contributed by atoms with Crippen LogP contribution < -0.4 is 5.32 Å². The van der Waals surface area contributed by atoms with E-state index in [1.165, 1.54) is 18.4 Å². The molecule has 0 aliphatic carbocycles. The molecule has 1 heterocycles. The lowest BCUT2D eigenvalue weighted by molar-refractivity contribution is 0.126. The molecular weight excluding hydrogens is 355 g/mol. The quantitative estimate of drug-likeness (QED) is 0.816. The molecule has 21 heavy (non-hydrogen) atoms. The molecule has 0 spiro atoms. The van der Waals surface area contributed by atoms with Crippen molar-refractivity contribution in [3.8, 4) is 0 Å². The van der Waals surface area contributed by atoms with Crippen LogP contribution in [0.3, 0.4) is 0 Å². The maximum absolute atomic E-state index is 13.5. The molecule has 1 aromatic rings. The van der Waals surface area contributed by atoms with Crippen LogP contribution in [-0.2, 0) is 0 Å². The second-order valence-electron chi connectivity index (χ2n) is 5.67. The summed E-state index contributed by atoms with van der Waals surface area (Å²) in [4.78, 5) is 2.54. The molecule has 1 unspecified atom stereocenters. The summed E-state index contributed by atoms with van der Waals surface area (Å²) in [6.07, 6.45) is 2.38. The lowest BCUT2D eigenvalue weighted by Gasteiger charge is -2.38. The van der Waals surface area contributed by atoms with Crippen LogP contribution in [0.5, 0.6) is 0 Å². The normalized spacial score (nSPS) is 18.9. The minimum absolute atomic E-state index is 0. The first-order valence-corrected chi connectivity index (χ1v) is 8.32. The second kappa shape index (κ2) is 9.09. The van der Waals surface area contributed by atoms with Crippen LogP contribution in [0, 0.1) is 11.7 Å². The highest BCUT2D eigenvalue weighted by Crippen LogP contribution is 2.33. The molecule has 1 aliphatic rings. The second-order valence-corrected chi connectivity index (χ2v) is 6.52. The van der Waals surface area contributed by atoms with E-state index in [9.17, 15) is 4.39 Å². The van der Waals surface area contributed by atoms with E-state index in [2.05, 4.69) is 40.0 Å². The summed E-state index contributed by atoms with van der Waals surface area (Å²) in [6, 6.07) is 5.86. The highest BCUT2D eigenvalue weighted by atomic mass is 79.9. The number of piperazine rings is 1. The molecule has 1 aliphatic heterocycles. The van der Waals surface area contributed by atoms with Gasteiger partial charge in [0.15, 0.2) is 0 Å². The maximum atomic E-state index is 13.5. The Morgan fingerprint density at radius 2 is 2.00 bits per heavy atom. The van der Waals surface area contributed by atoms with Crippen LogP contribution in [0.1, 0.15) is 38.3 Å². The molecule has 5 heteroatoms. The van der Waals surface area contributed by atoms with E-state index < -0.39 is 0 Å². The molecular formula is C16H25BrClFN2. The Morgan fingerprint density at radius 3 is 2.57 bits per heavy atom. The van der Waals surface area contributed by atoms with Crippen LogP contribution >= 0.6 is 28.3 Å². The third-order valence-electron chi connectivity index (χ3n) is 4.11. The van der Waals surface area contributed by atoms with Crippen molar-refractivity contribution in [2.75, 3.05) is 26.2 Å². The Balaban J connectivity index is 0.00000220. The number of nitrogens with one attached hydrogen (secondary N) is 1. The van der Waals surface area contributed by atoms with Crippen molar-refractivity contribution in [1.29, 1.82) is 0 Å². The highest BCUT2D eigenvalue weighted by molar-refractivity contribution is 9.10. The van der Waals surface area contributed by atoms with Gasteiger partial charge in [0.05, 0.1) is 4.47 Å². The van der Waals surface area contributed by atoms with Gasteiger partial charge in [-0.2, -0.15) is 0 Å². The summed E-state index contributed by atoms with van der Waals surface area (Å²) in [7, 11) is 0. The van der Waals surface area contributed by atoms with Crippen LogP contribution in [-0.4, -0.2) is 31.1 Å². The Labute approximate surface area is 142 Å². The minimum Gasteiger partial charge on any atom is -0.314 e. The molecule has 0 radical (unpaired) electrons. The topological polar surface area (TPSA) is 15.3 Å². The zero-order valence-corrected chi connectivity index (χ0v) is 15.1. The largest absolute Gasteiger partial charge is 0.314 e. The highest BCUT2D eigenvalue weighted by Gasteiger charge is 2.27. The fourth-order valence-electron chi connectivity index (χ4n) is 3.17. The molecule has 1 fully saturated rings. The zero-order chi connectivity index (χ0) is 14.5. The number of hydrogen-bond donors (Lipinski definition) is 1. The van der Waals surface area contributed by atoms with Crippen molar-refractivity contribution >= 4 is 28.3 Å². The van der Waals surface area contributed by atoms with Crippen molar-refractivity contribution in [2.45, 2.75) is 32.7 Å².